The van der Waals surface area contributed by atoms with Gasteiger partial charge >= 0.3 is 0 Å². The number of anilines is 1. The molecule has 0 aliphatic rings. The number of hydrogen-bond donors (Lipinski definition) is 2. The summed E-state index contributed by atoms with van der Waals surface area (Å²) in [4.78, 5) is 4.65. The number of rotatable bonds is 6. The number of sulfonamides is 1. The Balaban J connectivity index is 2.21. The number of fused-ring (bicyclic) bond motifs is 1. The summed E-state index contributed by atoms with van der Waals surface area (Å²) in [6, 6.07) is 11.5. The lowest BCUT2D eigenvalue weighted by Crippen LogP contribution is -2.10. The Labute approximate surface area is 158 Å². The molecule has 0 aliphatic carbocycles. The van der Waals surface area contributed by atoms with Crippen LogP contribution in [0.1, 0.15) is 18.3 Å². The molecule has 138 valence electrons. The largest absolute Gasteiger partial charge is 0.330 e. The molecule has 0 saturated carbocycles. The number of imidazole rings is 1. The van der Waals surface area contributed by atoms with Gasteiger partial charge in [0.2, 0.25) is 10.0 Å². The molecule has 3 N–H and O–H groups in total. The molecule has 3 aromatic rings. The molecule has 0 aliphatic heterocycles. The molecular formula is C18H21ClN4O2S. The maximum atomic E-state index is 11.7. The van der Waals surface area contributed by atoms with Gasteiger partial charge in [-0.1, -0.05) is 30.7 Å². The SMILES string of the molecule is CCc1nc2c(NS(C)(=O)=O)cc(Cl)cc2n1-c1ccc(CCN)cc1. The van der Waals surface area contributed by atoms with Crippen LogP contribution in [0.3, 0.4) is 0 Å². The van der Waals surface area contributed by atoms with E-state index in [0.29, 0.717) is 29.2 Å². The fourth-order valence-corrected chi connectivity index (χ4v) is 3.74. The molecular weight excluding hydrogens is 372 g/mol. The zero-order chi connectivity index (χ0) is 18.9. The van der Waals surface area contributed by atoms with Crippen LogP contribution in [0.2, 0.25) is 5.02 Å². The molecule has 0 radical (unpaired) electrons. The Kier molecular flexibility index (Phi) is 5.22. The summed E-state index contributed by atoms with van der Waals surface area (Å²) < 4.78 is 27.9. The first kappa shape index (κ1) is 18.7. The van der Waals surface area contributed by atoms with Gasteiger partial charge < -0.3 is 5.73 Å². The molecule has 2 aromatic carbocycles. The third-order valence-corrected chi connectivity index (χ3v) is 4.84. The van der Waals surface area contributed by atoms with Crippen molar-refractivity contribution < 1.29 is 8.42 Å². The second kappa shape index (κ2) is 7.26. The predicted octanol–water partition coefficient (Wildman–Crippen LogP) is 3.11. The summed E-state index contributed by atoms with van der Waals surface area (Å²) in [5.41, 5.74) is 9.42. The Morgan fingerprint density at radius 2 is 1.92 bits per heavy atom. The van der Waals surface area contributed by atoms with Crippen molar-refractivity contribution in [1.82, 2.24) is 9.55 Å². The molecule has 0 bridgehead atoms. The van der Waals surface area contributed by atoms with Crippen LogP contribution in [0.4, 0.5) is 5.69 Å². The molecule has 26 heavy (non-hydrogen) atoms. The lowest BCUT2D eigenvalue weighted by molar-refractivity contribution is 0.607. The minimum absolute atomic E-state index is 0.378. The number of halogens is 1. The second-order valence-corrected chi connectivity index (χ2v) is 8.30. The van der Waals surface area contributed by atoms with E-state index in [4.69, 9.17) is 17.3 Å². The summed E-state index contributed by atoms with van der Waals surface area (Å²) >= 11 is 6.24. The standard InChI is InChI=1S/C18H21ClN4O2S/c1-3-17-21-18-15(22-26(2,24)25)10-13(19)11-16(18)23(17)14-6-4-12(5-7-14)8-9-20/h4-7,10-11,22H,3,8-9,20H2,1-2H3. The van der Waals surface area contributed by atoms with Gasteiger partial charge in [0.15, 0.2) is 0 Å². The van der Waals surface area contributed by atoms with Crippen LogP contribution in [0.25, 0.3) is 16.7 Å². The van der Waals surface area contributed by atoms with Gasteiger partial charge in [-0.25, -0.2) is 13.4 Å². The average molecular weight is 393 g/mol. The number of nitrogens with one attached hydrogen (secondary N) is 1. The minimum Gasteiger partial charge on any atom is -0.330 e. The summed E-state index contributed by atoms with van der Waals surface area (Å²) in [7, 11) is -3.44. The number of benzene rings is 2. The molecule has 8 heteroatoms. The smallest absolute Gasteiger partial charge is 0.229 e. The van der Waals surface area contributed by atoms with Crippen molar-refractivity contribution in [2.24, 2.45) is 5.73 Å². The van der Waals surface area contributed by atoms with E-state index >= 15 is 0 Å². The van der Waals surface area contributed by atoms with E-state index in [1.807, 2.05) is 35.8 Å². The monoisotopic (exact) mass is 392 g/mol. The Bertz CT molecular complexity index is 1040. The van der Waals surface area contributed by atoms with Gasteiger partial charge in [0.1, 0.15) is 11.3 Å². The highest BCUT2D eigenvalue weighted by Gasteiger charge is 2.17. The highest BCUT2D eigenvalue weighted by molar-refractivity contribution is 7.92. The maximum Gasteiger partial charge on any atom is 0.229 e. The van der Waals surface area contributed by atoms with Crippen molar-refractivity contribution in [3.63, 3.8) is 0 Å². The number of nitrogens with zero attached hydrogens (tertiary/aromatic N) is 2. The molecule has 0 fully saturated rings. The number of nitrogens with two attached hydrogens (primary N) is 1. The lowest BCUT2D eigenvalue weighted by atomic mass is 10.1. The third kappa shape index (κ3) is 3.85. The highest BCUT2D eigenvalue weighted by Crippen LogP contribution is 2.31. The molecule has 0 atom stereocenters. The number of aryl methyl sites for hydroxylation is 1. The van der Waals surface area contributed by atoms with Crippen molar-refractivity contribution in [2.75, 3.05) is 17.5 Å². The van der Waals surface area contributed by atoms with Gasteiger partial charge in [-0.3, -0.25) is 9.29 Å². The van der Waals surface area contributed by atoms with Crippen LogP contribution in [-0.2, 0) is 22.9 Å². The van der Waals surface area contributed by atoms with Gasteiger partial charge in [0.05, 0.1) is 17.5 Å². The van der Waals surface area contributed by atoms with Gasteiger partial charge in [0.25, 0.3) is 0 Å². The topological polar surface area (TPSA) is 90.0 Å². The molecule has 3 rings (SSSR count). The lowest BCUT2D eigenvalue weighted by Gasteiger charge is -2.10. The van der Waals surface area contributed by atoms with E-state index in [0.717, 1.165) is 35.3 Å². The first-order chi connectivity index (χ1) is 12.3. The fraction of sp³-hybridized carbons (Fsp3) is 0.278. The van der Waals surface area contributed by atoms with Crippen molar-refractivity contribution in [3.8, 4) is 5.69 Å². The normalized spacial score (nSPS) is 11.8. The van der Waals surface area contributed by atoms with Crippen molar-refractivity contribution in [3.05, 3.63) is 52.8 Å². The maximum absolute atomic E-state index is 11.7. The van der Waals surface area contributed by atoms with Crippen molar-refractivity contribution in [2.45, 2.75) is 19.8 Å². The highest BCUT2D eigenvalue weighted by atomic mass is 35.5. The van der Waals surface area contributed by atoms with E-state index < -0.39 is 10.0 Å². The molecule has 1 aromatic heterocycles. The van der Waals surface area contributed by atoms with Gasteiger partial charge in [-0.15, -0.1) is 0 Å². The van der Waals surface area contributed by atoms with Gasteiger partial charge in [-0.05, 0) is 42.8 Å². The zero-order valence-corrected chi connectivity index (χ0v) is 16.2. The van der Waals surface area contributed by atoms with Crippen LogP contribution in [0.5, 0.6) is 0 Å². The van der Waals surface area contributed by atoms with Gasteiger partial charge in [-0.2, -0.15) is 0 Å². The molecule has 1 heterocycles. The first-order valence-electron chi connectivity index (χ1n) is 8.30. The molecule has 0 unspecified atom stereocenters. The third-order valence-electron chi connectivity index (χ3n) is 4.03. The second-order valence-electron chi connectivity index (χ2n) is 6.12. The van der Waals surface area contributed by atoms with Gasteiger partial charge in [0, 0.05) is 17.1 Å². The van der Waals surface area contributed by atoms with Crippen LogP contribution in [0.15, 0.2) is 36.4 Å². The van der Waals surface area contributed by atoms with E-state index in [2.05, 4.69) is 9.71 Å². The Hall–Kier alpha value is -2.09. The van der Waals surface area contributed by atoms with E-state index in [1.165, 1.54) is 0 Å². The zero-order valence-electron chi connectivity index (χ0n) is 14.7. The first-order valence-corrected chi connectivity index (χ1v) is 10.6. The molecule has 0 saturated heterocycles. The Morgan fingerprint density at radius 3 is 2.50 bits per heavy atom. The van der Waals surface area contributed by atoms with Crippen LogP contribution < -0.4 is 10.5 Å². The number of hydrogen-bond acceptors (Lipinski definition) is 4. The van der Waals surface area contributed by atoms with E-state index in [9.17, 15) is 8.42 Å². The van der Waals surface area contributed by atoms with Crippen LogP contribution in [-0.4, -0.2) is 30.8 Å². The van der Waals surface area contributed by atoms with E-state index in [-0.39, 0.29) is 0 Å². The molecule has 6 nitrogen and oxygen atoms in total. The average Bonchev–Trinajstić information content (AvgIpc) is 2.93. The van der Waals surface area contributed by atoms with Crippen LogP contribution in [0, 0.1) is 0 Å². The number of aromatic nitrogens is 2. The predicted molar refractivity (Wildman–Crippen MR) is 107 cm³/mol. The quantitative estimate of drug-likeness (QED) is 0.674. The van der Waals surface area contributed by atoms with Crippen molar-refractivity contribution in [1.29, 1.82) is 0 Å². The van der Waals surface area contributed by atoms with Crippen molar-refractivity contribution >= 4 is 38.3 Å². The van der Waals surface area contributed by atoms with Crippen LogP contribution >= 0.6 is 11.6 Å². The summed E-state index contributed by atoms with van der Waals surface area (Å²) in [5.74, 6) is 0.824. The Morgan fingerprint density at radius 1 is 1.23 bits per heavy atom. The summed E-state index contributed by atoms with van der Waals surface area (Å²) in [6.45, 7) is 2.61. The fourth-order valence-electron chi connectivity index (χ4n) is 2.97. The summed E-state index contributed by atoms with van der Waals surface area (Å²) in [6.07, 6.45) is 2.61. The summed E-state index contributed by atoms with van der Waals surface area (Å²) in [5, 5.41) is 0.437. The molecule has 0 spiro atoms. The molecule has 0 amide bonds. The van der Waals surface area contributed by atoms with E-state index in [1.54, 1.807) is 12.1 Å². The minimum atomic E-state index is -3.44.